The molecule has 4 heteroatoms. The first-order valence-corrected chi connectivity index (χ1v) is 8.96. The Morgan fingerprint density at radius 3 is 2.14 bits per heavy atom. The Balaban J connectivity index is 2.37. The van der Waals surface area contributed by atoms with Crippen LogP contribution < -0.4 is 0 Å². The second kappa shape index (κ2) is 7.47. The Kier molecular flexibility index (Phi) is 5.87. The third kappa shape index (κ3) is 2.89. The van der Waals surface area contributed by atoms with Gasteiger partial charge in [0.1, 0.15) is 0 Å². The van der Waals surface area contributed by atoms with Gasteiger partial charge in [0.2, 0.25) is 0 Å². The lowest BCUT2D eigenvalue weighted by Crippen LogP contribution is -2.46. The minimum absolute atomic E-state index is 0.107. The second-order valence-corrected chi connectivity index (χ2v) is 6.72. The Bertz CT molecular complexity index is 386. The van der Waals surface area contributed by atoms with Gasteiger partial charge < -0.3 is 9.47 Å². The van der Waals surface area contributed by atoms with Gasteiger partial charge in [0.15, 0.2) is 5.41 Å². The standard InChI is InChI=1S/C18H30O4/c1-4-9-13-12-18(16(19)21-5-2,17(20)22-6-3)15-11-8-7-10-14(13)15/h13-15H,4-12H2,1-3H3/t13-,14+,15+/m0/s1. The summed E-state index contributed by atoms with van der Waals surface area (Å²) in [4.78, 5) is 25.5. The molecular formula is C18H30O4. The molecule has 0 bridgehead atoms. The Morgan fingerprint density at radius 1 is 1.00 bits per heavy atom. The van der Waals surface area contributed by atoms with Gasteiger partial charge >= 0.3 is 11.9 Å². The first kappa shape index (κ1) is 17.3. The summed E-state index contributed by atoms with van der Waals surface area (Å²) < 4.78 is 10.7. The molecule has 2 aliphatic carbocycles. The van der Waals surface area contributed by atoms with Gasteiger partial charge in [0, 0.05) is 0 Å². The zero-order valence-electron chi connectivity index (χ0n) is 14.2. The van der Waals surface area contributed by atoms with Crippen LogP contribution in [0.15, 0.2) is 0 Å². The minimum Gasteiger partial charge on any atom is -0.465 e. The largest absolute Gasteiger partial charge is 0.465 e. The Morgan fingerprint density at radius 2 is 1.59 bits per heavy atom. The molecule has 0 spiro atoms. The summed E-state index contributed by atoms with van der Waals surface area (Å²) in [5.41, 5.74) is -1.04. The molecular weight excluding hydrogens is 280 g/mol. The van der Waals surface area contributed by atoms with E-state index in [-0.39, 0.29) is 17.9 Å². The molecule has 0 heterocycles. The van der Waals surface area contributed by atoms with E-state index in [1.54, 1.807) is 13.8 Å². The SMILES string of the molecule is CCC[C@H]1CC(C(=O)OCC)(C(=O)OCC)[C@@H]2CCCC[C@H]12. The van der Waals surface area contributed by atoms with Crippen LogP contribution in [-0.4, -0.2) is 25.2 Å². The molecule has 126 valence electrons. The quantitative estimate of drug-likeness (QED) is 0.554. The highest BCUT2D eigenvalue weighted by atomic mass is 16.6. The molecule has 0 radical (unpaired) electrons. The van der Waals surface area contributed by atoms with Crippen molar-refractivity contribution in [2.45, 2.75) is 65.7 Å². The average molecular weight is 310 g/mol. The summed E-state index contributed by atoms with van der Waals surface area (Å²) in [6, 6.07) is 0. The number of hydrogen-bond donors (Lipinski definition) is 0. The molecule has 0 unspecified atom stereocenters. The van der Waals surface area contributed by atoms with Crippen LogP contribution in [0.4, 0.5) is 0 Å². The molecule has 3 atom stereocenters. The molecule has 2 fully saturated rings. The average Bonchev–Trinajstić information content (AvgIpc) is 2.84. The molecule has 0 aromatic carbocycles. The zero-order chi connectivity index (χ0) is 16.2. The summed E-state index contributed by atoms with van der Waals surface area (Å²) in [7, 11) is 0. The fraction of sp³-hybridized carbons (Fsp3) is 0.889. The highest BCUT2D eigenvalue weighted by molar-refractivity contribution is 6.01. The van der Waals surface area contributed by atoms with Gasteiger partial charge in [0.05, 0.1) is 13.2 Å². The fourth-order valence-corrected chi connectivity index (χ4v) is 4.81. The van der Waals surface area contributed by atoms with Gasteiger partial charge in [0.25, 0.3) is 0 Å². The van der Waals surface area contributed by atoms with E-state index in [1.165, 1.54) is 6.42 Å². The van der Waals surface area contributed by atoms with E-state index >= 15 is 0 Å². The van der Waals surface area contributed by atoms with E-state index in [0.717, 1.165) is 32.1 Å². The summed E-state index contributed by atoms with van der Waals surface area (Å²) in [5.74, 6) is 0.343. The van der Waals surface area contributed by atoms with E-state index in [4.69, 9.17) is 9.47 Å². The van der Waals surface area contributed by atoms with Gasteiger partial charge in [-0.15, -0.1) is 0 Å². The molecule has 0 amide bonds. The lowest BCUT2D eigenvalue weighted by molar-refractivity contribution is -0.176. The maximum absolute atomic E-state index is 12.8. The van der Waals surface area contributed by atoms with Gasteiger partial charge in [-0.05, 0) is 50.9 Å². The van der Waals surface area contributed by atoms with Crippen molar-refractivity contribution in [3.63, 3.8) is 0 Å². The molecule has 0 aromatic heterocycles. The highest BCUT2D eigenvalue weighted by Gasteiger charge is 2.63. The van der Waals surface area contributed by atoms with E-state index in [1.807, 2.05) is 0 Å². The van der Waals surface area contributed by atoms with E-state index in [0.29, 0.717) is 31.5 Å². The van der Waals surface area contributed by atoms with Crippen LogP contribution in [0.2, 0.25) is 0 Å². The summed E-state index contributed by atoms with van der Waals surface area (Å²) in [6.07, 6.45) is 7.19. The molecule has 22 heavy (non-hydrogen) atoms. The second-order valence-electron chi connectivity index (χ2n) is 6.72. The Hall–Kier alpha value is -1.06. The summed E-state index contributed by atoms with van der Waals surface area (Å²) in [6.45, 7) is 6.40. The van der Waals surface area contributed by atoms with Crippen molar-refractivity contribution in [2.24, 2.45) is 23.2 Å². The lowest BCUT2D eigenvalue weighted by Gasteiger charge is -2.36. The number of esters is 2. The van der Waals surface area contributed by atoms with Crippen molar-refractivity contribution < 1.29 is 19.1 Å². The number of rotatable bonds is 6. The van der Waals surface area contributed by atoms with Crippen molar-refractivity contribution in [3.05, 3.63) is 0 Å². The van der Waals surface area contributed by atoms with Crippen molar-refractivity contribution >= 4 is 11.9 Å². The van der Waals surface area contributed by atoms with E-state index in [2.05, 4.69) is 6.92 Å². The van der Waals surface area contributed by atoms with Gasteiger partial charge in [-0.3, -0.25) is 9.59 Å². The third-order valence-corrected chi connectivity index (χ3v) is 5.58. The molecule has 0 N–H and O–H groups in total. The normalized spacial score (nSPS) is 29.7. The van der Waals surface area contributed by atoms with Crippen LogP contribution >= 0.6 is 0 Å². The van der Waals surface area contributed by atoms with E-state index < -0.39 is 5.41 Å². The minimum atomic E-state index is -1.04. The fourth-order valence-electron chi connectivity index (χ4n) is 4.81. The number of fused-ring (bicyclic) bond motifs is 1. The molecule has 0 aliphatic heterocycles. The number of carbonyl (C=O) groups excluding carboxylic acids is 2. The van der Waals surface area contributed by atoms with Gasteiger partial charge in [-0.2, -0.15) is 0 Å². The van der Waals surface area contributed by atoms with E-state index in [9.17, 15) is 9.59 Å². The van der Waals surface area contributed by atoms with Crippen molar-refractivity contribution in [1.82, 2.24) is 0 Å². The van der Waals surface area contributed by atoms with Crippen molar-refractivity contribution in [3.8, 4) is 0 Å². The number of carbonyl (C=O) groups is 2. The molecule has 2 saturated carbocycles. The molecule has 2 rings (SSSR count). The van der Waals surface area contributed by atoms with Crippen LogP contribution in [0.3, 0.4) is 0 Å². The monoisotopic (exact) mass is 310 g/mol. The van der Waals surface area contributed by atoms with Gasteiger partial charge in [-0.1, -0.05) is 32.6 Å². The number of ether oxygens (including phenoxy) is 2. The predicted molar refractivity (Wildman–Crippen MR) is 84.2 cm³/mol. The maximum atomic E-state index is 12.8. The van der Waals surface area contributed by atoms with Crippen LogP contribution in [0.1, 0.15) is 65.7 Å². The smallest absolute Gasteiger partial charge is 0.323 e. The molecule has 0 saturated heterocycles. The predicted octanol–water partition coefficient (Wildman–Crippen LogP) is 3.73. The Labute approximate surface area is 133 Å². The number of hydrogen-bond acceptors (Lipinski definition) is 4. The molecule has 0 aromatic rings. The van der Waals surface area contributed by atoms with Gasteiger partial charge in [-0.25, -0.2) is 0 Å². The summed E-state index contributed by atoms with van der Waals surface area (Å²) >= 11 is 0. The first-order chi connectivity index (χ1) is 10.6. The van der Waals surface area contributed by atoms with Crippen LogP contribution in [0.25, 0.3) is 0 Å². The van der Waals surface area contributed by atoms with Crippen LogP contribution in [0.5, 0.6) is 0 Å². The van der Waals surface area contributed by atoms with Crippen molar-refractivity contribution in [2.75, 3.05) is 13.2 Å². The third-order valence-electron chi connectivity index (χ3n) is 5.58. The van der Waals surface area contributed by atoms with Crippen LogP contribution in [0, 0.1) is 23.2 Å². The lowest BCUT2D eigenvalue weighted by atomic mass is 9.69. The topological polar surface area (TPSA) is 52.6 Å². The van der Waals surface area contributed by atoms with Crippen LogP contribution in [-0.2, 0) is 19.1 Å². The molecule has 2 aliphatic rings. The maximum Gasteiger partial charge on any atom is 0.323 e. The first-order valence-electron chi connectivity index (χ1n) is 8.96. The summed E-state index contributed by atoms with van der Waals surface area (Å²) in [5, 5.41) is 0. The highest BCUT2D eigenvalue weighted by Crippen LogP contribution is 2.58. The van der Waals surface area contributed by atoms with Crippen molar-refractivity contribution in [1.29, 1.82) is 0 Å². The zero-order valence-corrected chi connectivity index (χ0v) is 14.2. The molecule has 4 nitrogen and oxygen atoms in total.